The molecule has 2 heterocycles. The molecule has 3 rings (SSSR count). The molecular formula is C19H25IN10. The van der Waals surface area contributed by atoms with Crippen molar-refractivity contribution >= 4 is 35.8 Å². The Labute approximate surface area is 192 Å². The lowest BCUT2D eigenvalue weighted by Gasteiger charge is -2.11. The van der Waals surface area contributed by atoms with Gasteiger partial charge >= 0.3 is 0 Å². The molecule has 2 aromatic heterocycles. The average Bonchev–Trinajstić information content (AvgIpc) is 3.30. The molecule has 11 heteroatoms. The molecule has 158 valence electrons. The summed E-state index contributed by atoms with van der Waals surface area (Å²) in [7, 11) is 3.55. The monoisotopic (exact) mass is 520 g/mol. The smallest absolute Gasteiger partial charge is 0.191 e. The number of nitrogens with two attached hydrogens (primary N) is 1. The van der Waals surface area contributed by atoms with Gasteiger partial charge in [-0.2, -0.15) is 15.5 Å². The van der Waals surface area contributed by atoms with Crippen molar-refractivity contribution in [2.75, 3.05) is 19.3 Å². The van der Waals surface area contributed by atoms with Crippen molar-refractivity contribution in [3.8, 4) is 11.8 Å². The van der Waals surface area contributed by atoms with E-state index in [1.165, 1.54) is 6.33 Å². The maximum Gasteiger partial charge on any atom is 0.191 e. The van der Waals surface area contributed by atoms with Crippen LogP contribution in [0.2, 0.25) is 0 Å². The van der Waals surface area contributed by atoms with Gasteiger partial charge in [0.25, 0.3) is 0 Å². The molecule has 1 aromatic carbocycles. The van der Waals surface area contributed by atoms with E-state index in [-0.39, 0.29) is 24.0 Å². The van der Waals surface area contributed by atoms with Gasteiger partial charge in [0.2, 0.25) is 0 Å². The molecular weight excluding hydrogens is 495 g/mol. The fourth-order valence-electron chi connectivity index (χ4n) is 2.87. The van der Waals surface area contributed by atoms with Gasteiger partial charge in [-0.25, -0.2) is 9.67 Å². The number of nitrogens with zero attached hydrogens (tertiary/aromatic N) is 7. The van der Waals surface area contributed by atoms with Gasteiger partial charge in [0, 0.05) is 20.6 Å². The minimum Gasteiger partial charge on any atom is -0.382 e. The number of nitrogens with one attached hydrogen (secondary N) is 2. The number of hydrogen-bond donors (Lipinski definition) is 3. The molecule has 0 saturated heterocycles. The Hall–Kier alpha value is -3.14. The van der Waals surface area contributed by atoms with Gasteiger partial charge in [-0.15, -0.1) is 24.0 Å². The van der Waals surface area contributed by atoms with E-state index in [2.05, 4.69) is 36.9 Å². The number of aliphatic imine (C=N–C) groups is 1. The number of nitrogen functional groups attached to an aromatic ring is 1. The van der Waals surface area contributed by atoms with Crippen LogP contribution >= 0.6 is 24.0 Å². The highest BCUT2D eigenvalue weighted by Gasteiger charge is 2.16. The zero-order valence-electron chi connectivity index (χ0n) is 16.9. The van der Waals surface area contributed by atoms with Gasteiger partial charge in [-0.1, -0.05) is 18.2 Å². The summed E-state index contributed by atoms with van der Waals surface area (Å²) in [6, 6.07) is 11.7. The van der Waals surface area contributed by atoms with Crippen LogP contribution in [0.25, 0.3) is 5.69 Å². The summed E-state index contributed by atoms with van der Waals surface area (Å²) in [4.78, 5) is 8.36. The highest BCUT2D eigenvalue weighted by Crippen LogP contribution is 2.21. The van der Waals surface area contributed by atoms with Crippen molar-refractivity contribution in [1.29, 1.82) is 5.26 Å². The van der Waals surface area contributed by atoms with Crippen molar-refractivity contribution in [1.82, 2.24) is 35.2 Å². The number of hydrogen-bond acceptors (Lipinski definition) is 6. The van der Waals surface area contributed by atoms with Crippen LogP contribution in [0.5, 0.6) is 0 Å². The summed E-state index contributed by atoms with van der Waals surface area (Å²) >= 11 is 0. The highest BCUT2D eigenvalue weighted by molar-refractivity contribution is 14.0. The fraction of sp³-hybridized carbons (Fsp3) is 0.316. The first-order chi connectivity index (χ1) is 14.1. The van der Waals surface area contributed by atoms with Gasteiger partial charge in [0.05, 0.1) is 17.9 Å². The van der Waals surface area contributed by atoms with Crippen LogP contribution in [-0.4, -0.2) is 44.1 Å². The Kier molecular flexibility index (Phi) is 8.60. The van der Waals surface area contributed by atoms with E-state index < -0.39 is 0 Å². The lowest BCUT2D eigenvalue weighted by molar-refractivity contribution is 0.667. The average molecular weight is 520 g/mol. The molecule has 0 amide bonds. The van der Waals surface area contributed by atoms with Gasteiger partial charge in [-0.05, 0) is 25.0 Å². The Morgan fingerprint density at radius 1 is 1.27 bits per heavy atom. The SMILES string of the molecule is CN=C(NCCCc1nn(-c2ccccc2)c(N)c1C#N)NCc1ncnn1C.I. The second kappa shape index (κ2) is 11.1. The lowest BCUT2D eigenvalue weighted by atomic mass is 10.1. The summed E-state index contributed by atoms with van der Waals surface area (Å²) < 4.78 is 3.32. The van der Waals surface area contributed by atoms with E-state index in [0.717, 1.165) is 17.9 Å². The third-order valence-corrected chi connectivity index (χ3v) is 4.43. The van der Waals surface area contributed by atoms with Crippen LogP contribution in [0.4, 0.5) is 5.82 Å². The summed E-state index contributed by atoms with van der Waals surface area (Å²) in [6.07, 6.45) is 2.91. The number of rotatable bonds is 7. The normalized spacial score (nSPS) is 10.9. The maximum absolute atomic E-state index is 9.48. The van der Waals surface area contributed by atoms with Crippen molar-refractivity contribution < 1.29 is 0 Å². The standard InChI is InChI=1S/C19H24N10.HI/c1-22-19(24-12-17-25-13-26-28(17)2)23-10-6-9-16-15(11-20)18(21)29(27-16)14-7-4-3-5-8-14;/h3-5,7-8,13H,6,9-10,12,21H2,1-2H3,(H2,22,23,24);1H. The number of para-hydroxylation sites is 1. The van der Waals surface area contributed by atoms with Crippen LogP contribution in [-0.2, 0) is 20.0 Å². The van der Waals surface area contributed by atoms with Crippen molar-refractivity contribution in [3.63, 3.8) is 0 Å². The van der Waals surface area contributed by atoms with E-state index in [9.17, 15) is 5.26 Å². The van der Waals surface area contributed by atoms with Crippen molar-refractivity contribution in [2.24, 2.45) is 12.0 Å². The minimum absolute atomic E-state index is 0. The van der Waals surface area contributed by atoms with Crippen LogP contribution in [0, 0.1) is 11.3 Å². The molecule has 0 atom stereocenters. The van der Waals surface area contributed by atoms with Gasteiger partial charge < -0.3 is 16.4 Å². The summed E-state index contributed by atoms with van der Waals surface area (Å²) in [5.41, 5.74) is 8.09. The predicted octanol–water partition coefficient (Wildman–Crippen LogP) is 1.37. The van der Waals surface area contributed by atoms with Crippen molar-refractivity contribution in [3.05, 3.63) is 53.7 Å². The number of aromatic nitrogens is 5. The fourth-order valence-corrected chi connectivity index (χ4v) is 2.87. The van der Waals surface area contributed by atoms with E-state index in [0.29, 0.717) is 42.5 Å². The Morgan fingerprint density at radius 3 is 2.67 bits per heavy atom. The molecule has 10 nitrogen and oxygen atoms in total. The van der Waals surface area contributed by atoms with Gasteiger partial charge in [0.15, 0.2) is 5.96 Å². The quantitative estimate of drug-likeness (QED) is 0.185. The predicted molar refractivity (Wildman–Crippen MR) is 126 cm³/mol. The molecule has 0 aliphatic rings. The molecule has 30 heavy (non-hydrogen) atoms. The molecule has 0 unspecified atom stereocenters. The minimum atomic E-state index is 0. The second-order valence-corrected chi connectivity index (χ2v) is 6.32. The zero-order chi connectivity index (χ0) is 20.6. The molecule has 0 bridgehead atoms. The van der Waals surface area contributed by atoms with E-state index in [1.54, 1.807) is 16.4 Å². The molecule has 0 radical (unpaired) electrons. The first-order valence-electron chi connectivity index (χ1n) is 9.24. The lowest BCUT2D eigenvalue weighted by Crippen LogP contribution is -2.38. The number of aryl methyl sites for hydroxylation is 2. The number of anilines is 1. The molecule has 0 spiro atoms. The first-order valence-corrected chi connectivity index (χ1v) is 9.24. The third-order valence-electron chi connectivity index (χ3n) is 4.43. The Morgan fingerprint density at radius 2 is 2.03 bits per heavy atom. The Balaban J connectivity index is 0.00000320. The topological polar surface area (TPSA) is 135 Å². The third kappa shape index (κ3) is 5.47. The molecule has 0 aliphatic heterocycles. The number of guanidine groups is 1. The maximum atomic E-state index is 9.48. The molecule has 0 saturated carbocycles. The summed E-state index contributed by atoms with van der Waals surface area (Å²) in [5, 5.41) is 24.5. The van der Waals surface area contributed by atoms with Crippen molar-refractivity contribution in [2.45, 2.75) is 19.4 Å². The van der Waals surface area contributed by atoms with Crippen LogP contribution in [0.1, 0.15) is 23.5 Å². The number of halogens is 1. The highest BCUT2D eigenvalue weighted by atomic mass is 127. The van der Waals surface area contributed by atoms with E-state index in [4.69, 9.17) is 5.73 Å². The molecule has 0 fully saturated rings. The largest absolute Gasteiger partial charge is 0.382 e. The Bertz CT molecular complexity index is 1020. The van der Waals surface area contributed by atoms with Gasteiger partial charge in [-0.3, -0.25) is 9.67 Å². The van der Waals surface area contributed by atoms with E-state index >= 15 is 0 Å². The van der Waals surface area contributed by atoms with Gasteiger partial charge in [0.1, 0.15) is 29.6 Å². The first kappa shape index (κ1) is 23.1. The molecule has 0 aliphatic carbocycles. The van der Waals surface area contributed by atoms with E-state index in [1.807, 2.05) is 37.4 Å². The van der Waals surface area contributed by atoms with Crippen LogP contribution < -0.4 is 16.4 Å². The summed E-state index contributed by atoms with van der Waals surface area (Å²) in [6.45, 7) is 1.19. The molecule has 3 aromatic rings. The number of nitriles is 1. The van der Waals surface area contributed by atoms with Crippen LogP contribution in [0.15, 0.2) is 41.7 Å². The zero-order valence-corrected chi connectivity index (χ0v) is 19.2. The molecule has 4 N–H and O–H groups in total. The second-order valence-electron chi connectivity index (χ2n) is 6.32. The number of benzene rings is 1. The summed E-state index contributed by atoms with van der Waals surface area (Å²) in [5.74, 6) is 1.85. The van der Waals surface area contributed by atoms with Crippen LogP contribution in [0.3, 0.4) is 0 Å².